The van der Waals surface area contributed by atoms with Gasteiger partial charge in [0.15, 0.2) is 17.5 Å². The van der Waals surface area contributed by atoms with Crippen molar-refractivity contribution in [3.8, 4) is 0 Å². The maximum Gasteiger partial charge on any atom is 0.196 e. The smallest absolute Gasteiger partial charge is 0.196 e. The predicted molar refractivity (Wildman–Crippen MR) is 56.0 cm³/mol. The number of halogens is 4. The summed E-state index contributed by atoms with van der Waals surface area (Å²) in [5, 5.41) is 2.52. The molecule has 0 aromatic heterocycles. The Hall–Kier alpha value is -2.04. The lowest BCUT2D eigenvalue weighted by atomic mass is 10.2. The Morgan fingerprint density at radius 1 is 0.706 bits per heavy atom. The van der Waals surface area contributed by atoms with Gasteiger partial charge >= 0.3 is 0 Å². The van der Waals surface area contributed by atoms with Crippen molar-refractivity contribution in [2.75, 3.05) is 5.32 Å². The Labute approximate surface area is 94.7 Å². The number of hydrogen-bond acceptors (Lipinski definition) is 1. The average molecular weight is 241 g/mol. The first-order chi connectivity index (χ1) is 8.08. The molecule has 0 fully saturated rings. The highest BCUT2D eigenvalue weighted by molar-refractivity contribution is 5.60. The zero-order valence-corrected chi connectivity index (χ0v) is 8.48. The molecule has 0 bridgehead atoms. The summed E-state index contributed by atoms with van der Waals surface area (Å²) < 4.78 is 51.5. The summed E-state index contributed by atoms with van der Waals surface area (Å²) in [5.41, 5.74) is 0.159. The van der Waals surface area contributed by atoms with Crippen LogP contribution in [0.4, 0.5) is 28.9 Å². The number of anilines is 2. The molecular formula is C12H7F4N. The van der Waals surface area contributed by atoms with Crippen LogP contribution in [-0.4, -0.2) is 0 Å². The lowest BCUT2D eigenvalue weighted by Crippen LogP contribution is -1.98. The van der Waals surface area contributed by atoms with Crippen molar-refractivity contribution in [1.29, 1.82) is 0 Å². The van der Waals surface area contributed by atoms with Gasteiger partial charge < -0.3 is 5.32 Å². The first-order valence-electron chi connectivity index (χ1n) is 4.74. The van der Waals surface area contributed by atoms with E-state index >= 15 is 0 Å². The van der Waals surface area contributed by atoms with Gasteiger partial charge in [-0.1, -0.05) is 0 Å². The zero-order chi connectivity index (χ0) is 12.4. The third kappa shape index (κ3) is 2.38. The SMILES string of the molecule is Fc1ccc(Nc2ccc(F)c(F)c2F)cc1. The molecule has 2 rings (SSSR count). The third-order valence-corrected chi connectivity index (χ3v) is 2.16. The van der Waals surface area contributed by atoms with Gasteiger partial charge in [0.1, 0.15) is 5.82 Å². The van der Waals surface area contributed by atoms with Gasteiger partial charge in [0.05, 0.1) is 5.69 Å². The second-order valence-corrected chi connectivity index (χ2v) is 3.35. The molecule has 0 saturated heterocycles. The van der Waals surface area contributed by atoms with E-state index in [4.69, 9.17) is 0 Å². The summed E-state index contributed by atoms with van der Waals surface area (Å²) in [6.07, 6.45) is 0. The summed E-state index contributed by atoms with van der Waals surface area (Å²) in [7, 11) is 0. The molecule has 0 aliphatic heterocycles. The van der Waals surface area contributed by atoms with Crippen LogP contribution < -0.4 is 5.32 Å². The second-order valence-electron chi connectivity index (χ2n) is 3.35. The highest BCUT2D eigenvalue weighted by Gasteiger charge is 2.13. The van der Waals surface area contributed by atoms with Crippen LogP contribution in [0, 0.1) is 23.3 Å². The molecule has 0 heterocycles. The maximum absolute atomic E-state index is 13.3. The van der Waals surface area contributed by atoms with E-state index in [0.717, 1.165) is 12.1 Å². The summed E-state index contributed by atoms with van der Waals surface area (Å²) in [6, 6.07) is 6.92. The molecule has 1 N–H and O–H groups in total. The van der Waals surface area contributed by atoms with E-state index in [-0.39, 0.29) is 5.69 Å². The van der Waals surface area contributed by atoms with E-state index in [0.29, 0.717) is 5.69 Å². The van der Waals surface area contributed by atoms with Gasteiger partial charge in [-0.15, -0.1) is 0 Å². The Bertz CT molecular complexity index is 537. The molecule has 0 amide bonds. The van der Waals surface area contributed by atoms with Crippen LogP contribution in [0.15, 0.2) is 36.4 Å². The van der Waals surface area contributed by atoms with Crippen molar-refractivity contribution in [3.05, 3.63) is 59.7 Å². The van der Waals surface area contributed by atoms with E-state index in [1.54, 1.807) is 0 Å². The number of benzene rings is 2. The van der Waals surface area contributed by atoms with Crippen LogP contribution in [0.25, 0.3) is 0 Å². The summed E-state index contributed by atoms with van der Waals surface area (Å²) in [5.74, 6) is -4.56. The fraction of sp³-hybridized carbons (Fsp3) is 0. The molecule has 0 aliphatic rings. The lowest BCUT2D eigenvalue weighted by Gasteiger charge is -2.08. The largest absolute Gasteiger partial charge is 0.353 e. The maximum atomic E-state index is 13.3. The topological polar surface area (TPSA) is 12.0 Å². The van der Waals surface area contributed by atoms with Gasteiger partial charge in [-0.3, -0.25) is 0 Å². The zero-order valence-electron chi connectivity index (χ0n) is 8.48. The molecule has 0 atom stereocenters. The van der Waals surface area contributed by atoms with Gasteiger partial charge in [-0.05, 0) is 36.4 Å². The Morgan fingerprint density at radius 3 is 2.00 bits per heavy atom. The Morgan fingerprint density at radius 2 is 1.35 bits per heavy atom. The summed E-state index contributed by atoms with van der Waals surface area (Å²) >= 11 is 0. The summed E-state index contributed by atoms with van der Waals surface area (Å²) in [6.45, 7) is 0. The van der Waals surface area contributed by atoms with Crippen molar-refractivity contribution in [1.82, 2.24) is 0 Å². The minimum atomic E-state index is -1.54. The molecule has 5 heteroatoms. The van der Waals surface area contributed by atoms with Crippen LogP contribution in [0.1, 0.15) is 0 Å². The standard InChI is InChI=1S/C12H7F4N/c13-7-1-3-8(4-2-7)17-10-6-5-9(14)11(15)12(10)16/h1-6,17H. The van der Waals surface area contributed by atoms with Gasteiger partial charge in [-0.25, -0.2) is 17.6 Å². The van der Waals surface area contributed by atoms with Gasteiger partial charge in [0.2, 0.25) is 0 Å². The normalized spacial score (nSPS) is 10.4. The summed E-state index contributed by atoms with van der Waals surface area (Å²) in [4.78, 5) is 0. The van der Waals surface area contributed by atoms with Crippen LogP contribution >= 0.6 is 0 Å². The van der Waals surface area contributed by atoms with E-state index in [1.807, 2.05) is 0 Å². The van der Waals surface area contributed by atoms with Crippen molar-refractivity contribution in [2.45, 2.75) is 0 Å². The average Bonchev–Trinajstić information content (AvgIpc) is 2.33. The molecule has 0 unspecified atom stereocenters. The van der Waals surface area contributed by atoms with Crippen LogP contribution in [0.3, 0.4) is 0 Å². The lowest BCUT2D eigenvalue weighted by molar-refractivity contribution is 0.449. The number of hydrogen-bond donors (Lipinski definition) is 1. The van der Waals surface area contributed by atoms with Gasteiger partial charge in [-0.2, -0.15) is 0 Å². The van der Waals surface area contributed by atoms with Gasteiger partial charge in [0, 0.05) is 5.69 Å². The second kappa shape index (κ2) is 4.45. The molecule has 1 nitrogen and oxygen atoms in total. The molecule has 0 aliphatic carbocycles. The van der Waals surface area contributed by atoms with Crippen molar-refractivity contribution in [2.24, 2.45) is 0 Å². The Balaban J connectivity index is 2.30. The van der Waals surface area contributed by atoms with E-state index < -0.39 is 23.3 Å². The van der Waals surface area contributed by atoms with Crippen molar-refractivity contribution < 1.29 is 17.6 Å². The third-order valence-electron chi connectivity index (χ3n) is 2.16. The van der Waals surface area contributed by atoms with Crippen LogP contribution in [-0.2, 0) is 0 Å². The highest BCUT2D eigenvalue weighted by atomic mass is 19.2. The monoisotopic (exact) mass is 241 g/mol. The molecule has 0 saturated carbocycles. The van der Waals surface area contributed by atoms with E-state index in [1.165, 1.54) is 24.3 Å². The van der Waals surface area contributed by atoms with Crippen LogP contribution in [0.2, 0.25) is 0 Å². The highest BCUT2D eigenvalue weighted by Crippen LogP contribution is 2.23. The minimum Gasteiger partial charge on any atom is -0.353 e. The number of rotatable bonds is 2. The number of nitrogens with one attached hydrogen (secondary N) is 1. The quantitative estimate of drug-likeness (QED) is 0.619. The molecule has 0 radical (unpaired) electrons. The first kappa shape index (κ1) is 11.4. The fourth-order valence-corrected chi connectivity index (χ4v) is 1.31. The Kier molecular flexibility index (Phi) is 2.99. The van der Waals surface area contributed by atoms with Crippen molar-refractivity contribution >= 4 is 11.4 Å². The van der Waals surface area contributed by atoms with Crippen molar-refractivity contribution in [3.63, 3.8) is 0 Å². The van der Waals surface area contributed by atoms with Crippen LogP contribution in [0.5, 0.6) is 0 Å². The molecule has 2 aromatic rings. The van der Waals surface area contributed by atoms with E-state index in [2.05, 4.69) is 5.32 Å². The fourth-order valence-electron chi connectivity index (χ4n) is 1.31. The van der Waals surface area contributed by atoms with Gasteiger partial charge in [0.25, 0.3) is 0 Å². The molecule has 17 heavy (non-hydrogen) atoms. The molecular weight excluding hydrogens is 234 g/mol. The molecule has 0 spiro atoms. The van der Waals surface area contributed by atoms with E-state index in [9.17, 15) is 17.6 Å². The minimum absolute atomic E-state index is 0.212. The predicted octanol–water partition coefficient (Wildman–Crippen LogP) is 3.99. The molecule has 2 aromatic carbocycles. The molecule has 88 valence electrons. The first-order valence-corrected chi connectivity index (χ1v) is 4.74.